The zero-order valence-corrected chi connectivity index (χ0v) is 12.7. The Kier molecular flexibility index (Phi) is 4.68. The molecule has 0 radical (unpaired) electrons. The van der Waals surface area contributed by atoms with Crippen LogP contribution in [0.15, 0.2) is 18.2 Å². The number of fused-ring (bicyclic) bond motifs is 1. The van der Waals surface area contributed by atoms with Gasteiger partial charge in [-0.15, -0.1) is 0 Å². The van der Waals surface area contributed by atoms with Gasteiger partial charge in [0.2, 0.25) is 0 Å². The lowest BCUT2D eigenvalue weighted by molar-refractivity contribution is 0.220. The van der Waals surface area contributed by atoms with Gasteiger partial charge in [-0.3, -0.25) is 0 Å². The van der Waals surface area contributed by atoms with Crippen LogP contribution >= 0.6 is 0 Å². The third-order valence-electron chi connectivity index (χ3n) is 4.15. The second kappa shape index (κ2) is 6.87. The van der Waals surface area contributed by atoms with E-state index in [1.807, 2.05) is 23.1 Å². The van der Waals surface area contributed by atoms with E-state index in [2.05, 4.69) is 5.32 Å². The van der Waals surface area contributed by atoms with E-state index in [4.69, 9.17) is 15.2 Å². The van der Waals surface area contributed by atoms with Crippen LogP contribution < -0.4 is 20.5 Å². The van der Waals surface area contributed by atoms with Gasteiger partial charge in [-0.2, -0.15) is 0 Å². The fraction of sp³-hybridized carbons (Fsp3) is 0.562. The lowest BCUT2D eigenvalue weighted by Crippen LogP contribution is -2.33. The topological polar surface area (TPSA) is 76.8 Å². The van der Waals surface area contributed by atoms with Gasteiger partial charge in [0.15, 0.2) is 11.5 Å². The monoisotopic (exact) mass is 305 g/mol. The van der Waals surface area contributed by atoms with Crippen molar-refractivity contribution in [3.8, 4) is 11.5 Å². The lowest BCUT2D eigenvalue weighted by Gasteiger charge is -2.18. The second-order valence-corrected chi connectivity index (χ2v) is 5.82. The third-order valence-corrected chi connectivity index (χ3v) is 4.15. The Morgan fingerprint density at radius 2 is 2.14 bits per heavy atom. The Balaban J connectivity index is 1.61. The van der Waals surface area contributed by atoms with Gasteiger partial charge < -0.3 is 25.4 Å². The van der Waals surface area contributed by atoms with Crippen molar-refractivity contribution in [3.05, 3.63) is 18.2 Å². The van der Waals surface area contributed by atoms with Crippen LogP contribution in [0.25, 0.3) is 0 Å². The second-order valence-electron chi connectivity index (χ2n) is 5.82. The summed E-state index contributed by atoms with van der Waals surface area (Å²) in [6.45, 7) is 3.56. The zero-order valence-electron chi connectivity index (χ0n) is 12.7. The molecule has 1 aromatic rings. The number of likely N-dealkylation sites (tertiary alicyclic amines) is 1. The largest absolute Gasteiger partial charge is 0.490 e. The Labute approximate surface area is 130 Å². The number of urea groups is 1. The zero-order chi connectivity index (χ0) is 15.4. The van der Waals surface area contributed by atoms with Gasteiger partial charge >= 0.3 is 6.03 Å². The van der Waals surface area contributed by atoms with Crippen LogP contribution in [-0.2, 0) is 0 Å². The highest BCUT2D eigenvalue weighted by Crippen LogP contribution is 2.32. The number of benzene rings is 1. The van der Waals surface area contributed by atoms with Crippen molar-refractivity contribution in [1.29, 1.82) is 0 Å². The molecule has 1 saturated heterocycles. The van der Waals surface area contributed by atoms with E-state index >= 15 is 0 Å². The minimum absolute atomic E-state index is 0.0611. The average molecular weight is 305 g/mol. The first-order chi connectivity index (χ1) is 10.8. The smallest absolute Gasteiger partial charge is 0.321 e. The van der Waals surface area contributed by atoms with Crippen molar-refractivity contribution in [2.75, 3.05) is 38.2 Å². The summed E-state index contributed by atoms with van der Waals surface area (Å²) < 4.78 is 11.2. The van der Waals surface area contributed by atoms with Crippen LogP contribution in [-0.4, -0.2) is 43.8 Å². The summed E-state index contributed by atoms with van der Waals surface area (Å²) in [4.78, 5) is 14.2. The highest BCUT2D eigenvalue weighted by atomic mass is 16.5. The van der Waals surface area contributed by atoms with Gasteiger partial charge in [-0.25, -0.2) is 4.79 Å². The van der Waals surface area contributed by atoms with Crippen molar-refractivity contribution >= 4 is 11.7 Å². The van der Waals surface area contributed by atoms with E-state index in [9.17, 15) is 4.79 Å². The number of anilines is 1. The molecule has 1 fully saturated rings. The average Bonchev–Trinajstić information content (AvgIpc) is 2.86. The molecule has 2 heterocycles. The van der Waals surface area contributed by atoms with Crippen molar-refractivity contribution in [2.24, 2.45) is 11.7 Å². The first kappa shape index (κ1) is 15.0. The summed E-state index contributed by atoms with van der Waals surface area (Å²) in [5, 5.41) is 2.94. The number of carbonyl (C=O) groups is 1. The quantitative estimate of drug-likeness (QED) is 0.896. The molecular formula is C16H23N3O3. The van der Waals surface area contributed by atoms with E-state index in [1.165, 1.54) is 0 Å². The summed E-state index contributed by atoms with van der Waals surface area (Å²) in [5.41, 5.74) is 6.32. The SMILES string of the molecule is NCCC1CCN(C(=O)Nc2ccc3c(c2)OCCCO3)C1. The molecule has 3 N–H and O–H groups in total. The van der Waals surface area contributed by atoms with Crippen LogP contribution in [0.2, 0.25) is 0 Å². The number of nitrogens with two attached hydrogens (primary N) is 1. The maximum absolute atomic E-state index is 12.3. The Hall–Kier alpha value is -1.95. The highest BCUT2D eigenvalue weighted by Gasteiger charge is 2.25. The third kappa shape index (κ3) is 3.44. The molecule has 0 bridgehead atoms. The molecule has 120 valence electrons. The molecule has 3 rings (SSSR count). The van der Waals surface area contributed by atoms with Crippen LogP contribution in [0, 0.1) is 5.92 Å². The number of hydrogen-bond acceptors (Lipinski definition) is 4. The summed E-state index contributed by atoms with van der Waals surface area (Å²) in [6, 6.07) is 5.46. The number of ether oxygens (including phenoxy) is 2. The predicted molar refractivity (Wildman–Crippen MR) is 84.4 cm³/mol. The summed E-state index contributed by atoms with van der Waals surface area (Å²) in [5.74, 6) is 1.96. The fourth-order valence-electron chi connectivity index (χ4n) is 2.93. The molecule has 1 unspecified atom stereocenters. The van der Waals surface area contributed by atoms with Crippen molar-refractivity contribution in [1.82, 2.24) is 4.90 Å². The molecule has 6 nitrogen and oxygen atoms in total. The molecule has 1 aromatic carbocycles. The first-order valence-electron chi connectivity index (χ1n) is 7.92. The van der Waals surface area contributed by atoms with Gasteiger partial charge in [-0.1, -0.05) is 0 Å². The number of amides is 2. The Morgan fingerprint density at radius 1 is 1.32 bits per heavy atom. The van der Waals surface area contributed by atoms with Gasteiger partial charge in [0.1, 0.15) is 0 Å². The molecule has 0 saturated carbocycles. The minimum Gasteiger partial charge on any atom is -0.490 e. The Morgan fingerprint density at radius 3 is 2.95 bits per heavy atom. The summed E-state index contributed by atoms with van der Waals surface area (Å²) >= 11 is 0. The van der Waals surface area contributed by atoms with Crippen molar-refractivity contribution < 1.29 is 14.3 Å². The molecule has 0 aromatic heterocycles. The summed E-state index contributed by atoms with van der Waals surface area (Å²) in [7, 11) is 0. The predicted octanol–water partition coefficient (Wildman–Crippen LogP) is 2.05. The lowest BCUT2D eigenvalue weighted by atomic mass is 10.1. The molecule has 0 spiro atoms. The van der Waals surface area contributed by atoms with Crippen LogP contribution in [0.4, 0.5) is 10.5 Å². The number of nitrogens with zero attached hydrogens (tertiary/aromatic N) is 1. The number of nitrogens with one attached hydrogen (secondary N) is 1. The van der Waals surface area contributed by atoms with E-state index in [-0.39, 0.29) is 6.03 Å². The molecule has 2 amide bonds. The van der Waals surface area contributed by atoms with Gasteiger partial charge in [0.25, 0.3) is 0 Å². The van der Waals surface area contributed by atoms with E-state index in [1.54, 1.807) is 0 Å². The first-order valence-corrected chi connectivity index (χ1v) is 7.92. The van der Waals surface area contributed by atoms with Gasteiger partial charge in [0.05, 0.1) is 13.2 Å². The van der Waals surface area contributed by atoms with Crippen LogP contribution in [0.3, 0.4) is 0 Å². The van der Waals surface area contributed by atoms with E-state index in [0.29, 0.717) is 31.4 Å². The summed E-state index contributed by atoms with van der Waals surface area (Å²) in [6.07, 6.45) is 2.88. The van der Waals surface area contributed by atoms with Crippen molar-refractivity contribution in [2.45, 2.75) is 19.3 Å². The van der Waals surface area contributed by atoms with Gasteiger partial charge in [-0.05, 0) is 37.4 Å². The molecule has 2 aliphatic rings. The molecule has 1 atom stereocenters. The van der Waals surface area contributed by atoms with Crippen LogP contribution in [0.5, 0.6) is 11.5 Å². The van der Waals surface area contributed by atoms with Crippen molar-refractivity contribution in [3.63, 3.8) is 0 Å². The molecule has 6 heteroatoms. The molecule has 0 aliphatic carbocycles. The molecular weight excluding hydrogens is 282 g/mol. The normalized spacial score (nSPS) is 20.6. The maximum atomic E-state index is 12.3. The van der Waals surface area contributed by atoms with Gasteiger partial charge in [0, 0.05) is 31.3 Å². The van der Waals surface area contributed by atoms with Crippen LogP contribution in [0.1, 0.15) is 19.3 Å². The number of rotatable bonds is 3. The number of hydrogen-bond donors (Lipinski definition) is 2. The molecule has 22 heavy (non-hydrogen) atoms. The van der Waals surface area contributed by atoms with E-state index < -0.39 is 0 Å². The number of carbonyl (C=O) groups excluding carboxylic acids is 1. The fourth-order valence-corrected chi connectivity index (χ4v) is 2.93. The maximum Gasteiger partial charge on any atom is 0.321 e. The minimum atomic E-state index is -0.0611. The van der Waals surface area contributed by atoms with E-state index in [0.717, 1.165) is 43.8 Å². The highest BCUT2D eigenvalue weighted by molar-refractivity contribution is 5.89. The standard InChI is InChI=1S/C16H23N3O3/c17-6-4-12-5-7-19(11-12)16(20)18-13-2-3-14-15(10-13)22-9-1-8-21-14/h2-3,10,12H,1,4-9,11,17H2,(H,18,20). The Bertz CT molecular complexity index is 535. The molecule has 2 aliphatic heterocycles.